The van der Waals surface area contributed by atoms with Crippen LogP contribution in [0, 0.1) is 0 Å². The number of halogens is 1. The lowest BCUT2D eigenvalue weighted by atomic mass is 10.2. The van der Waals surface area contributed by atoms with Gasteiger partial charge in [-0.25, -0.2) is 4.57 Å². The minimum absolute atomic E-state index is 0.00772. The van der Waals surface area contributed by atoms with Crippen LogP contribution >= 0.6 is 19.4 Å². The van der Waals surface area contributed by atoms with Crippen LogP contribution < -0.4 is 4.52 Å². The maximum atomic E-state index is 10.7. The molecule has 0 amide bonds. The van der Waals surface area contributed by atoms with E-state index in [0.29, 0.717) is 15.9 Å². The Morgan fingerprint density at radius 1 is 1.31 bits per heavy atom. The minimum Gasteiger partial charge on any atom is -0.402 e. The third-order valence-electron chi connectivity index (χ3n) is 1.90. The van der Waals surface area contributed by atoms with Gasteiger partial charge in [0, 0.05) is 11.6 Å². The Kier molecular flexibility index (Phi) is 2.86. The van der Waals surface area contributed by atoms with E-state index < -0.39 is 7.82 Å². The number of nitrogens with zero attached hydrogens (tertiary/aromatic N) is 1. The fraction of sp³-hybridized carbons (Fsp3) is 0. The second-order valence-electron chi connectivity index (χ2n) is 3.03. The predicted octanol–water partition coefficient (Wildman–Crippen LogP) is 2.36. The summed E-state index contributed by atoms with van der Waals surface area (Å²) < 4.78 is 15.3. The molecule has 0 saturated heterocycles. The molecule has 1 aromatic carbocycles. The van der Waals surface area contributed by atoms with E-state index in [-0.39, 0.29) is 5.75 Å². The molecule has 0 fully saturated rings. The zero-order chi connectivity index (χ0) is 11.8. The van der Waals surface area contributed by atoms with Crippen molar-refractivity contribution < 1.29 is 18.9 Å². The van der Waals surface area contributed by atoms with E-state index >= 15 is 0 Å². The molecule has 0 unspecified atom stereocenters. The van der Waals surface area contributed by atoms with Crippen molar-refractivity contribution >= 4 is 30.3 Å². The molecule has 84 valence electrons. The van der Waals surface area contributed by atoms with Crippen LogP contribution in [0.1, 0.15) is 0 Å². The third-order valence-corrected chi connectivity index (χ3v) is 2.66. The van der Waals surface area contributed by atoms with Gasteiger partial charge in [-0.15, -0.1) is 0 Å². The van der Waals surface area contributed by atoms with Gasteiger partial charge >= 0.3 is 7.82 Å². The number of hydrogen-bond acceptors (Lipinski definition) is 3. The molecule has 0 aliphatic rings. The molecule has 1 aromatic heterocycles. The molecule has 0 atom stereocenters. The van der Waals surface area contributed by atoms with Crippen molar-refractivity contribution in [2.45, 2.75) is 0 Å². The number of phosphoric acid groups is 1. The first kappa shape index (κ1) is 11.4. The van der Waals surface area contributed by atoms with Crippen molar-refractivity contribution in [1.82, 2.24) is 4.98 Å². The van der Waals surface area contributed by atoms with Crippen LogP contribution in [0.3, 0.4) is 0 Å². The molecule has 0 aliphatic heterocycles. The first-order chi connectivity index (χ1) is 7.47. The predicted molar refractivity (Wildman–Crippen MR) is 59.4 cm³/mol. The molecule has 0 aliphatic carbocycles. The Morgan fingerprint density at radius 2 is 2.06 bits per heavy atom. The molecule has 0 spiro atoms. The topological polar surface area (TPSA) is 79.7 Å². The molecule has 2 rings (SSSR count). The molecular formula is C9H7ClNO4P. The first-order valence-corrected chi connectivity index (χ1v) is 6.16. The third kappa shape index (κ3) is 2.33. The highest BCUT2D eigenvalue weighted by Crippen LogP contribution is 2.41. The average Bonchev–Trinajstić information content (AvgIpc) is 2.21. The van der Waals surface area contributed by atoms with Crippen molar-refractivity contribution in [1.29, 1.82) is 0 Å². The quantitative estimate of drug-likeness (QED) is 0.809. The van der Waals surface area contributed by atoms with Crippen LogP contribution in [-0.2, 0) is 4.57 Å². The zero-order valence-electron chi connectivity index (χ0n) is 7.87. The Morgan fingerprint density at radius 3 is 2.75 bits per heavy atom. The largest absolute Gasteiger partial charge is 0.524 e. The van der Waals surface area contributed by atoms with E-state index in [0.717, 1.165) is 0 Å². The number of hydrogen-bond donors (Lipinski definition) is 2. The zero-order valence-corrected chi connectivity index (χ0v) is 9.52. The Labute approximate surface area is 95.9 Å². The lowest BCUT2D eigenvalue weighted by Crippen LogP contribution is -1.92. The Hall–Kier alpha value is -1.13. The van der Waals surface area contributed by atoms with Gasteiger partial charge in [0.2, 0.25) is 0 Å². The highest BCUT2D eigenvalue weighted by molar-refractivity contribution is 7.46. The average molecular weight is 260 g/mol. The van der Waals surface area contributed by atoms with Crippen LogP contribution in [-0.4, -0.2) is 14.8 Å². The molecule has 5 nitrogen and oxygen atoms in total. The van der Waals surface area contributed by atoms with Gasteiger partial charge in [-0.05, 0) is 24.3 Å². The highest BCUT2D eigenvalue weighted by atomic mass is 35.5. The Bertz CT molecular complexity index is 583. The second kappa shape index (κ2) is 4.03. The van der Waals surface area contributed by atoms with E-state index in [2.05, 4.69) is 9.51 Å². The number of phosphoric ester groups is 1. The SMILES string of the molecule is O=P(O)(O)Oc1ccc(Cl)c2cccnc12. The highest BCUT2D eigenvalue weighted by Gasteiger charge is 2.18. The second-order valence-corrected chi connectivity index (χ2v) is 4.60. The molecule has 1 heterocycles. The van der Waals surface area contributed by atoms with Gasteiger partial charge < -0.3 is 4.52 Å². The van der Waals surface area contributed by atoms with Crippen molar-refractivity contribution in [3.05, 3.63) is 35.5 Å². The van der Waals surface area contributed by atoms with E-state index in [9.17, 15) is 4.57 Å². The molecule has 0 bridgehead atoms. The maximum Gasteiger partial charge on any atom is 0.524 e. The lowest BCUT2D eigenvalue weighted by Gasteiger charge is -2.09. The van der Waals surface area contributed by atoms with Crippen molar-refractivity contribution in [2.24, 2.45) is 0 Å². The minimum atomic E-state index is -4.59. The molecule has 7 heteroatoms. The summed E-state index contributed by atoms with van der Waals surface area (Å²) in [6, 6.07) is 6.24. The molecule has 16 heavy (non-hydrogen) atoms. The molecule has 0 radical (unpaired) electrons. The van der Waals surface area contributed by atoms with Gasteiger partial charge in [0.15, 0.2) is 5.75 Å². The summed E-state index contributed by atoms with van der Waals surface area (Å²) >= 11 is 5.91. The summed E-state index contributed by atoms with van der Waals surface area (Å²) in [6.07, 6.45) is 1.49. The van der Waals surface area contributed by atoms with Crippen LogP contribution in [0.2, 0.25) is 5.02 Å². The monoisotopic (exact) mass is 259 g/mol. The summed E-state index contributed by atoms with van der Waals surface area (Å²) in [5.74, 6) is 0.00772. The summed E-state index contributed by atoms with van der Waals surface area (Å²) in [6.45, 7) is 0. The van der Waals surface area contributed by atoms with Gasteiger partial charge in [-0.1, -0.05) is 11.6 Å². The van der Waals surface area contributed by atoms with E-state index in [1.54, 1.807) is 12.1 Å². The normalized spacial score (nSPS) is 11.7. The van der Waals surface area contributed by atoms with E-state index in [4.69, 9.17) is 21.4 Å². The number of rotatable bonds is 2. The number of fused-ring (bicyclic) bond motifs is 1. The van der Waals surface area contributed by atoms with Gasteiger partial charge in [-0.3, -0.25) is 14.8 Å². The van der Waals surface area contributed by atoms with Gasteiger partial charge in [0.1, 0.15) is 5.52 Å². The molecule has 2 N–H and O–H groups in total. The maximum absolute atomic E-state index is 10.7. The smallest absolute Gasteiger partial charge is 0.402 e. The summed E-state index contributed by atoms with van der Waals surface area (Å²) in [5.41, 5.74) is 0.318. The van der Waals surface area contributed by atoms with Gasteiger partial charge in [-0.2, -0.15) is 0 Å². The summed E-state index contributed by atoms with van der Waals surface area (Å²) in [7, 11) is -4.59. The number of aromatic nitrogens is 1. The summed E-state index contributed by atoms with van der Waals surface area (Å²) in [5, 5.41) is 1.02. The van der Waals surface area contributed by atoms with Gasteiger partial charge in [0.05, 0.1) is 5.02 Å². The van der Waals surface area contributed by atoms with Crippen molar-refractivity contribution in [3.63, 3.8) is 0 Å². The Balaban J connectivity index is 2.63. The van der Waals surface area contributed by atoms with Crippen molar-refractivity contribution in [2.75, 3.05) is 0 Å². The number of pyridine rings is 1. The van der Waals surface area contributed by atoms with Crippen molar-refractivity contribution in [3.8, 4) is 5.75 Å². The van der Waals surface area contributed by atoms with Crippen LogP contribution in [0.5, 0.6) is 5.75 Å². The van der Waals surface area contributed by atoms with E-state index in [1.807, 2.05) is 0 Å². The first-order valence-electron chi connectivity index (χ1n) is 4.26. The molecule has 2 aromatic rings. The standard InChI is InChI=1S/C9H7ClNO4P/c10-7-3-4-8(15-16(12,13)14)9-6(7)2-1-5-11-9/h1-5H,(H2,12,13,14). The lowest BCUT2D eigenvalue weighted by molar-refractivity contribution is 0.284. The van der Waals surface area contributed by atoms with Gasteiger partial charge in [0.25, 0.3) is 0 Å². The summed E-state index contributed by atoms with van der Waals surface area (Å²) in [4.78, 5) is 21.4. The van der Waals surface area contributed by atoms with E-state index in [1.165, 1.54) is 18.3 Å². The molecular weight excluding hydrogens is 253 g/mol. The van der Waals surface area contributed by atoms with Crippen LogP contribution in [0.15, 0.2) is 30.5 Å². The van der Waals surface area contributed by atoms with Crippen LogP contribution in [0.25, 0.3) is 10.9 Å². The number of benzene rings is 1. The fourth-order valence-corrected chi connectivity index (χ4v) is 1.93. The van der Waals surface area contributed by atoms with Crippen LogP contribution in [0.4, 0.5) is 0 Å². The molecule has 0 saturated carbocycles. The fourth-order valence-electron chi connectivity index (χ4n) is 1.31.